The lowest BCUT2D eigenvalue weighted by Gasteiger charge is -2.12. The molecule has 0 aliphatic carbocycles. The highest BCUT2D eigenvalue weighted by molar-refractivity contribution is 5.93. The predicted molar refractivity (Wildman–Crippen MR) is 114 cm³/mol. The minimum Gasteiger partial charge on any atom is -0.497 e. The van der Waals surface area contributed by atoms with Gasteiger partial charge >= 0.3 is 0 Å². The molecule has 6 nitrogen and oxygen atoms in total. The lowest BCUT2D eigenvalue weighted by Crippen LogP contribution is -2.28. The minimum absolute atomic E-state index is 0.240. The fourth-order valence-electron chi connectivity index (χ4n) is 2.83. The summed E-state index contributed by atoms with van der Waals surface area (Å²) in [7, 11) is 1.62. The van der Waals surface area contributed by atoms with Crippen molar-refractivity contribution < 1.29 is 14.3 Å². The van der Waals surface area contributed by atoms with Crippen LogP contribution in [0.3, 0.4) is 0 Å². The topological polar surface area (TPSA) is 72.5 Å². The summed E-state index contributed by atoms with van der Waals surface area (Å²) < 4.78 is 10.7. The monoisotopic (exact) mass is 391 g/mol. The number of hydrogen-bond donors (Lipinski definition) is 2. The number of aryl methyl sites for hydroxylation is 1. The van der Waals surface area contributed by atoms with E-state index in [1.807, 2.05) is 48.5 Å². The van der Waals surface area contributed by atoms with Crippen LogP contribution >= 0.6 is 0 Å². The van der Waals surface area contributed by atoms with Gasteiger partial charge in [0.15, 0.2) is 0 Å². The molecule has 3 rings (SSSR count). The number of rotatable bonds is 9. The number of carbonyl (C=O) groups is 1. The number of aromatic nitrogens is 1. The molecule has 0 unspecified atom stereocenters. The molecular formula is C23H25N3O3. The first-order valence-corrected chi connectivity index (χ1v) is 9.55. The third-order valence-electron chi connectivity index (χ3n) is 4.39. The summed E-state index contributed by atoms with van der Waals surface area (Å²) in [4.78, 5) is 16.6. The third-order valence-corrected chi connectivity index (χ3v) is 4.39. The number of pyridine rings is 1. The van der Waals surface area contributed by atoms with Crippen LogP contribution in [0.2, 0.25) is 0 Å². The average Bonchev–Trinajstić information content (AvgIpc) is 2.77. The van der Waals surface area contributed by atoms with E-state index in [9.17, 15) is 4.79 Å². The highest BCUT2D eigenvalue weighted by Crippen LogP contribution is 2.21. The molecule has 29 heavy (non-hydrogen) atoms. The molecule has 2 N–H and O–H groups in total. The maximum Gasteiger partial charge on any atom is 0.270 e. The van der Waals surface area contributed by atoms with Crippen LogP contribution in [0.4, 0.5) is 11.4 Å². The van der Waals surface area contributed by atoms with Gasteiger partial charge in [-0.25, -0.2) is 0 Å². The third kappa shape index (κ3) is 5.72. The molecule has 150 valence electrons. The van der Waals surface area contributed by atoms with Crippen molar-refractivity contribution in [2.75, 3.05) is 25.6 Å². The molecular weight excluding hydrogens is 366 g/mol. The molecule has 0 atom stereocenters. The molecule has 0 saturated heterocycles. The van der Waals surface area contributed by atoms with Crippen LogP contribution in [0.1, 0.15) is 23.0 Å². The average molecular weight is 391 g/mol. The van der Waals surface area contributed by atoms with E-state index in [1.165, 1.54) is 5.56 Å². The zero-order chi connectivity index (χ0) is 20.5. The second-order valence-electron chi connectivity index (χ2n) is 6.35. The molecule has 0 fully saturated rings. The van der Waals surface area contributed by atoms with Crippen molar-refractivity contribution in [2.24, 2.45) is 0 Å². The largest absolute Gasteiger partial charge is 0.497 e. The molecule has 0 aliphatic heterocycles. The predicted octanol–water partition coefficient (Wildman–Crippen LogP) is 4.21. The Morgan fingerprint density at radius 1 is 1.03 bits per heavy atom. The van der Waals surface area contributed by atoms with Crippen molar-refractivity contribution >= 4 is 17.3 Å². The highest BCUT2D eigenvalue weighted by Gasteiger charge is 2.08. The first-order valence-electron chi connectivity index (χ1n) is 9.55. The molecule has 6 heteroatoms. The summed E-state index contributed by atoms with van der Waals surface area (Å²) in [5, 5.41) is 6.19. The Bertz CT molecular complexity index is 942. The molecule has 0 spiro atoms. The van der Waals surface area contributed by atoms with Crippen LogP contribution in [0, 0.1) is 0 Å². The maximum absolute atomic E-state index is 12.4. The molecule has 1 heterocycles. The first-order chi connectivity index (χ1) is 14.2. The van der Waals surface area contributed by atoms with E-state index in [1.54, 1.807) is 19.4 Å². The molecule has 1 aromatic heterocycles. The smallest absolute Gasteiger partial charge is 0.270 e. The Labute approximate surface area is 170 Å². The second-order valence-corrected chi connectivity index (χ2v) is 6.35. The van der Waals surface area contributed by atoms with E-state index in [2.05, 4.69) is 28.6 Å². The maximum atomic E-state index is 12.4. The number of hydrogen-bond acceptors (Lipinski definition) is 5. The van der Waals surface area contributed by atoms with Crippen LogP contribution in [0.15, 0.2) is 66.9 Å². The van der Waals surface area contributed by atoms with Gasteiger partial charge in [0.1, 0.15) is 23.8 Å². The number of methoxy groups -OCH3 is 1. The molecule has 0 radical (unpaired) electrons. The van der Waals surface area contributed by atoms with Gasteiger partial charge < -0.3 is 20.1 Å². The van der Waals surface area contributed by atoms with Crippen LogP contribution in [0.25, 0.3) is 0 Å². The standard InChI is InChI=1S/C23H25N3O3/c1-3-17-6-4-5-7-21(17)26-18-12-13-24-22(16-18)23(27)25-14-15-29-20-10-8-19(28-2)9-11-20/h4-13,16H,3,14-15H2,1-2H3,(H,24,26)(H,25,27). The van der Waals surface area contributed by atoms with E-state index in [0.29, 0.717) is 18.8 Å². The summed E-state index contributed by atoms with van der Waals surface area (Å²) >= 11 is 0. The van der Waals surface area contributed by atoms with Gasteiger partial charge in [0.05, 0.1) is 13.7 Å². The number of para-hydroxylation sites is 1. The van der Waals surface area contributed by atoms with Gasteiger partial charge in [-0.15, -0.1) is 0 Å². The summed E-state index contributed by atoms with van der Waals surface area (Å²) in [6, 6.07) is 19.0. The van der Waals surface area contributed by atoms with E-state index >= 15 is 0 Å². The van der Waals surface area contributed by atoms with Crippen molar-refractivity contribution in [1.82, 2.24) is 10.3 Å². The fourth-order valence-corrected chi connectivity index (χ4v) is 2.83. The Kier molecular flexibility index (Phi) is 7.05. The molecule has 2 aromatic carbocycles. The molecule has 0 aliphatic rings. The summed E-state index contributed by atoms with van der Waals surface area (Å²) in [5.74, 6) is 1.25. The quantitative estimate of drug-likeness (QED) is 0.535. The van der Waals surface area contributed by atoms with E-state index in [4.69, 9.17) is 9.47 Å². The zero-order valence-corrected chi connectivity index (χ0v) is 16.6. The SMILES string of the molecule is CCc1ccccc1Nc1ccnc(C(=O)NCCOc2ccc(OC)cc2)c1. The number of ether oxygens (including phenoxy) is 2. The van der Waals surface area contributed by atoms with Crippen LogP contribution in [-0.2, 0) is 6.42 Å². The fraction of sp³-hybridized carbons (Fsp3) is 0.217. The van der Waals surface area contributed by atoms with Crippen molar-refractivity contribution in [3.63, 3.8) is 0 Å². The van der Waals surface area contributed by atoms with Gasteiger partial charge in [0.2, 0.25) is 0 Å². The lowest BCUT2D eigenvalue weighted by molar-refractivity contribution is 0.0942. The van der Waals surface area contributed by atoms with Crippen molar-refractivity contribution in [3.8, 4) is 11.5 Å². The second kappa shape index (κ2) is 10.1. The number of anilines is 2. The normalized spacial score (nSPS) is 10.3. The molecule has 3 aromatic rings. The van der Waals surface area contributed by atoms with Gasteiger partial charge in [0.25, 0.3) is 5.91 Å². The van der Waals surface area contributed by atoms with Crippen molar-refractivity contribution in [3.05, 3.63) is 78.1 Å². The first kappa shape index (κ1) is 20.2. The van der Waals surface area contributed by atoms with E-state index < -0.39 is 0 Å². The zero-order valence-electron chi connectivity index (χ0n) is 16.6. The Morgan fingerprint density at radius 3 is 2.55 bits per heavy atom. The minimum atomic E-state index is -0.240. The number of nitrogens with one attached hydrogen (secondary N) is 2. The molecule has 1 amide bonds. The van der Waals surface area contributed by atoms with Crippen molar-refractivity contribution in [2.45, 2.75) is 13.3 Å². The number of nitrogens with zero attached hydrogens (tertiary/aromatic N) is 1. The van der Waals surface area contributed by atoms with Crippen LogP contribution in [-0.4, -0.2) is 31.2 Å². The highest BCUT2D eigenvalue weighted by atomic mass is 16.5. The number of carbonyl (C=O) groups excluding carboxylic acids is 1. The summed E-state index contributed by atoms with van der Waals surface area (Å²) in [6.07, 6.45) is 2.55. The van der Waals surface area contributed by atoms with E-state index in [-0.39, 0.29) is 5.91 Å². The van der Waals surface area contributed by atoms with Gasteiger partial charge in [-0.2, -0.15) is 0 Å². The van der Waals surface area contributed by atoms with E-state index in [0.717, 1.165) is 29.3 Å². The molecule has 0 bridgehead atoms. The van der Waals surface area contributed by atoms with Crippen LogP contribution in [0.5, 0.6) is 11.5 Å². The lowest BCUT2D eigenvalue weighted by atomic mass is 10.1. The van der Waals surface area contributed by atoms with Crippen molar-refractivity contribution in [1.29, 1.82) is 0 Å². The van der Waals surface area contributed by atoms with Crippen LogP contribution < -0.4 is 20.1 Å². The summed E-state index contributed by atoms with van der Waals surface area (Å²) in [6.45, 7) is 2.85. The van der Waals surface area contributed by atoms with Gasteiger partial charge in [0, 0.05) is 17.6 Å². The number of benzene rings is 2. The molecule has 0 saturated carbocycles. The van der Waals surface area contributed by atoms with Gasteiger partial charge in [-0.05, 0) is 54.4 Å². The van der Waals surface area contributed by atoms with Gasteiger partial charge in [-0.3, -0.25) is 9.78 Å². The Morgan fingerprint density at radius 2 is 1.79 bits per heavy atom. The summed E-state index contributed by atoms with van der Waals surface area (Å²) in [5.41, 5.74) is 3.42. The Balaban J connectivity index is 1.52. The van der Waals surface area contributed by atoms with Gasteiger partial charge in [-0.1, -0.05) is 25.1 Å². The Hall–Kier alpha value is -3.54. The number of amides is 1.